The van der Waals surface area contributed by atoms with Crippen molar-refractivity contribution in [3.8, 4) is 0 Å². The average Bonchev–Trinajstić information content (AvgIpc) is 3.48. The van der Waals surface area contributed by atoms with Crippen molar-refractivity contribution in [1.82, 2.24) is 25.2 Å². The van der Waals surface area contributed by atoms with Gasteiger partial charge in [0.1, 0.15) is 11.7 Å². The molecule has 0 spiro atoms. The molecule has 256 valence electrons. The van der Waals surface area contributed by atoms with Crippen molar-refractivity contribution in [3.05, 3.63) is 101 Å². The Hall–Kier alpha value is -4.16. The van der Waals surface area contributed by atoms with Crippen molar-refractivity contribution in [1.29, 1.82) is 0 Å². The number of aromatic nitrogens is 1. The molecule has 1 saturated heterocycles. The van der Waals surface area contributed by atoms with Crippen molar-refractivity contribution >= 4 is 17.8 Å². The SMILES string of the molecule is CC(C)(C)NC(=O)C1CN(Cc2ccc(C(=O)O)nc2)CCN1CC(O)CC(Cc1ccccc1)C(=O)N(O)C1CCc2ccccc21. The van der Waals surface area contributed by atoms with Crippen LogP contribution in [-0.4, -0.2) is 96.9 Å². The molecule has 4 unspecified atom stereocenters. The number of aliphatic hydroxyl groups excluding tert-OH is 1. The molecule has 4 N–H and O–H groups in total. The number of carboxylic acids is 1. The number of piperazine rings is 1. The van der Waals surface area contributed by atoms with Crippen LogP contribution in [0, 0.1) is 5.92 Å². The Morgan fingerprint density at radius 2 is 1.73 bits per heavy atom. The summed E-state index contributed by atoms with van der Waals surface area (Å²) in [5.41, 5.74) is 3.36. The van der Waals surface area contributed by atoms with Gasteiger partial charge in [0.2, 0.25) is 11.8 Å². The Morgan fingerprint density at radius 1 is 1.00 bits per heavy atom. The lowest BCUT2D eigenvalue weighted by Crippen LogP contribution is -2.61. The minimum atomic E-state index is -1.09. The van der Waals surface area contributed by atoms with Crippen molar-refractivity contribution in [2.24, 2.45) is 5.92 Å². The van der Waals surface area contributed by atoms with Gasteiger partial charge >= 0.3 is 5.97 Å². The van der Waals surface area contributed by atoms with Crippen LogP contribution in [0.25, 0.3) is 0 Å². The first-order valence-electron chi connectivity index (χ1n) is 16.7. The number of fused-ring (bicyclic) bond motifs is 1. The van der Waals surface area contributed by atoms with Crippen molar-refractivity contribution < 1.29 is 29.8 Å². The normalized spacial score (nSPS) is 19.7. The lowest BCUT2D eigenvalue weighted by atomic mass is 9.91. The number of carboxylic acid groups (broad SMARTS) is 1. The summed E-state index contributed by atoms with van der Waals surface area (Å²) < 4.78 is 0. The number of aromatic carboxylic acids is 1. The summed E-state index contributed by atoms with van der Waals surface area (Å²) >= 11 is 0. The van der Waals surface area contributed by atoms with E-state index in [1.807, 2.05) is 80.3 Å². The van der Waals surface area contributed by atoms with Crippen LogP contribution in [0.4, 0.5) is 0 Å². The van der Waals surface area contributed by atoms with Crippen LogP contribution in [0.2, 0.25) is 0 Å². The van der Waals surface area contributed by atoms with Crippen molar-refractivity contribution in [2.75, 3.05) is 26.2 Å². The van der Waals surface area contributed by atoms with Gasteiger partial charge in [-0.2, -0.15) is 0 Å². The number of pyridine rings is 1. The van der Waals surface area contributed by atoms with Gasteiger partial charge in [0.25, 0.3) is 0 Å². The van der Waals surface area contributed by atoms with E-state index in [2.05, 4.69) is 15.2 Å². The molecule has 1 aromatic heterocycles. The van der Waals surface area contributed by atoms with Gasteiger partial charge < -0.3 is 15.5 Å². The molecule has 1 aliphatic heterocycles. The number of hydrogen-bond donors (Lipinski definition) is 4. The molecular weight excluding hydrogens is 610 g/mol. The zero-order chi connectivity index (χ0) is 34.4. The standard InChI is InChI=1S/C37H47N5O6/c1-37(2,3)39-34(44)33-24-40(22-26-13-15-31(36(46)47)38-21-26)17-18-41(33)23-29(43)20-28(19-25-9-5-4-6-10-25)35(45)42(48)32-16-14-27-11-7-8-12-30(27)32/h4-13,15,21,28-29,32-33,43,48H,14,16-20,22-24H2,1-3H3,(H,39,44)(H,46,47). The van der Waals surface area contributed by atoms with E-state index in [0.29, 0.717) is 39.0 Å². The Morgan fingerprint density at radius 3 is 2.42 bits per heavy atom. The van der Waals surface area contributed by atoms with Gasteiger partial charge in [0.15, 0.2) is 0 Å². The van der Waals surface area contributed by atoms with Crippen LogP contribution < -0.4 is 5.32 Å². The summed E-state index contributed by atoms with van der Waals surface area (Å²) in [5.74, 6) is -2.34. The van der Waals surface area contributed by atoms with Gasteiger partial charge in [-0.15, -0.1) is 0 Å². The van der Waals surface area contributed by atoms with Gasteiger partial charge in [-0.25, -0.2) is 14.8 Å². The third-order valence-electron chi connectivity index (χ3n) is 9.12. The fourth-order valence-electron chi connectivity index (χ4n) is 6.82. The first-order valence-corrected chi connectivity index (χ1v) is 16.7. The van der Waals surface area contributed by atoms with Crippen LogP contribution in [0.1, 0.15) is 72.4 Å². The van der Waals surface area contributed by atoms with Crippen LogP contribution in [0.5, 0.6) is 0 Å². The van der Waals surface area contributed by atoms with Crippen molar-refractivity contribution in [3.63, 3.8) is 0 Å². The topological polar surface area (TPSA) is 147 Å². The number of benzene rings is 2. The molecule has 0 radical (unpaired) electrons. The lowest BCUT2D eigenvalue weighted by Gasteiger charge is -2.42. The minimum absolute atomic E-state index is 0.0265. The van der Waals surface area contributed by atoms with Crippen LogP contribution in [0.3, 0.4) is 0 Å². The van der Waals surface area contributed by atoms with E-state index in [1.165, 1.54) is 6.07 Å². The molecule has 4 atom stereocenters. The molecule has 3 aromatic rings. The smallest absolute Gasteiger partial charge is 0.354 e. The number of amides is 2. The van der Waals surface area contributed by atoms with E-state index in [1.54, 1.807) is 12.3 Å². The van der Waals surface area contributed by atoms with Gasteiger partial charge in [0.05, 0.1) is 12.1 Å². The summed E-state index contributed by atoms with van der Waals surface area (Å²) in [6.07, 6.45) is 2.51. The molecule has 5 rings (SSSR count). The molecule has 1 aliphatic carbocycles. The van der Waals surface area contributed by atoms with E-state index in [9.17, 15) is 29.8 Å². The van der Waals surface area contributed by atoms with Gasteiger partial charge in [0, 0.05) is 50.4 Å². The van der Waals surface area contributed by atoms with Gasteiger partial charge in [-0.3, -0.25) is 24.6 Å². The molecule has 0 saturated carbocycles. The monoisotopic (exact) mass is 657 g/mol. The summed E-state index contributed by atoms with van der Waals surface area (Å²) in [7, 11) is 0. The third-order valence-corrected chi connectivity index (χ3v) is 9.12. The minimum Gasteiger partial charge on any atom is -0.477 e. The second-order valence-electron chi connectivity index (χ2n) is 14.1. The maximum atomic E-state index is 13.9. The number of aliphatic hydroxyl groups is 1. The van der Waals surface area contributed by atoms with E-state index < -0.39 is 41.5 Å². The summed E-state index contributed by atoms with van der Waals surface area (Å²) in [6, 6.07) is 19.7. The number of nitrogens with one attached hydrogen (secondary N) is 1. The van der Waals surface area contributed by atoms with E-state index in [-0.39, 0.29) is 24.6 Å². The third kappa shape index (κ3) is 9.04. The van der Waals surface area contributed by atoms with Crippen LogP contribution >= 0.6 is 0 Å². The molecule has 2 heterocycles. The quantitative estimate of drug-likeness (QED) is 0.169. The molecule has 2 aliphatic rings. The second-order valence-corrected chi connectivity index (χ2v) is 14.1. The Bertz CT molecular complexity index is 1560. The predicted octanol–water partition coefficient (Wildman–Crippen LogP) is 3.70. The van der Waals surface area contributed by atoms with Crippen molar-refractivity contribution in [2.45, 2.75) is 76.7 Å². The number of hydrogen-bond acceptors (Lipinski definition) is 8. The summed E-state index contributed by atoms with van der Waals surface area (Å²) in [6.45, 7) is 7.95. The molecule has 2 amide bonds. The molecule has 2 aromatic carbocycles. The second kappa shape index (κ2) is 15.4. The highest BCUT2D eigenvalue weighted by atomic mass is 16.5. The Kier molecular flexibility index (Phi) is 11.3. The number of aryl methyl sites for hydroxylation is 1. The van der Waals surface area contributed by atoms with E-state index in [0.717, 1.165) is 33.7 Å². The zero-order valence-electron chi connectivity index (χ0n) is 28.0. The van der Waals surface area contributed by atoms with Crippen LogP contribution in [0.15, 0.2) is 72.9 Å². The molecule has 48 heavy (non-hydrogen) atoms. The highest BCUT2D eigenvalue weighted by molar-refractivity contribution is 5.85. The number of carbonyl (C=O) groups is 3. The van der Waals surface area contributed by atoms with Crippen LogP contribution in [-0.2, 0) is 29.0 Å². The lowest BCUT2D eigenvalue weighted by molar-refractivity contribution is -0.182. The predicted molar refractivity (Wildman–Crippen MR) is 180 cm³/mol. The number of hydroxylamine groups is 2. The molecule has 0 bridgehead atoms. The van der Waals surface area contributed by atoms with E-state index in [4.69, 9.17) is 0 Å². The number of nitrogens with zero attached hydrogens (tertiary/aromatic N) is 4. The van der Waals surface area contributed by atoms with E-state index >= 15 is 0 Å². The largest absolute Gasteiger partial charge is 0.477 e. The number of β-amino-alcohol motifs (C(OH)–C–C–N with tert-alkyl or cyclic N) is 1. The fraction of sp³-hybridized carbons (Fsp3) is 0.459. The van der Waals surface area contributed by atoms with Gasteiger partial charge in [-0.05, 0) is 74.8 Å². The summed E-state index contributed by atoms with van der Waals surface area (Å²) in [5, 5.41) is 35.9. The van der Waals surface area contributed by atoms with Gasteiger partial charge in [-0.1, -0.05) is 60.7 Å². The molecular formula is C37H47N5O6. The fourth-order valence-corrected chi connectivity index (χ4v) is 6.82. The molecule has 11 nitrogen and oxygen atoms in total. The Balaban J connectivity index is 1.29. The number of carbonyl (C=O) groups excluding carboxylic acids is 2. The average molecular weight is 658 g/mol. The highest BCUT2D eigenvalue weighted by Crippen LogP contribution is 2.36. The molecule has 1 fully saturated rings. The number of rotatable bonds is 12. The first-order chi connectivity index (χ1) is 22.9. The molecule has 11 heteroatoms. The maximum absolute atomic E-state index is 13.9. The first kappa shape index (κ1) is 35.2. The maximum Gasteiger partial charge on any atom is 0.354 e. The summed E-state index contributed by atoms with van der Waals surface area (Å²) in [4.78, 5) is 46.9. The highest BCUT2D eigenvalue weighted by Gasteiger charge is 2.38. The zero-order valence-corrected chi connectivity index (χ0v) is 28.0. The Labute approximate surface area is 282 Å².